The van der Waals surface area contributed by atoms with E-state index in [1.54, 1.807) is 24.0 Å². The van der Waals surface area contributed by atoms with Crippen LogP contribution >= 0.6 is 0 Å². The highest BCUT2D eigenvalue weighted by Gasteiger charge is 2.32. The predicted octanol–water partition coefficient (Wildman–Crippen LogP) is 4.77. The van der Waals surface area contributed by atoms with Crippen LogP contribution in [0.4, 0.5) is 19.0 Å². The molecule has 1 atom stereocenters. The van der Waals surface area contributed by atoms with Crippen molar-refractivity contribution in [3.63, 3.8) is 0 Å². The van der Waals surface area contributed by atoms with Gasteiger partial charge < -0.3 is 15.3 Å². The van der Waals surface area contributed by atoms with Crippen molar-refractivity contribution in [3.05, 3.63) is 100 Å². The normalized spacial score (nSPS) is 19.9. The number of nitrogens with one attached hydrogen (secondary N) is 2. The number of fused-ring (bicyclic) bond motifs is 2. The first kappa shape index (κ1) is 40.8. The van der Waals surface area contributed by atoms with Crippen LogP contribution in [0.25, 0.3) is 33.2 Å². The summed E-state index contributed by atoms with van der Waals surface area (Å²) in [5.74, 6) is -7.03. The lowest BCUT2D eigenvalue weighted by atomic mass is 9.86. The van der Waals surface area contributed by atoms with Gasteiger partial charge in [0, 0.05) is 69.9 Å². The fraction of sp³-hybridized carbons (Fsp3) is 0.386. The molecule has 0 bridgehead atoms. The van der Waals surface area contributed by atoms with Crippen molar-refractivity contribution < 1.29 is 32.7 Å². The summed E-state index contributed by atoms with van der Waals surface area (Å²) in [6, 6.07) is 11.9. The first-order valence-corrected chi connectivity index (χ1v) is 20.9. The van der Waals surface area contributed by atoms with Gasteiger partial charge in [-0.3, -0.25) is 43.4 Å². The Morgan fingerprint density at radius 2 is 1.71 bits per heavy atom. The van der Waals surface area contributed by atoms with Crippen LogP contribution in [0.15, 0.2) is 65.8 Å². The molecule has 62 heavy (non-hydrogen) atoms. The Morgan fingerprint density at radius 1 is 0.919 bits per heavy atom. The molecule has 5 heterocycles. The number of phenolic OH excluding ortho intramolecular Hbond substituents is 1. The zero-order chi connectivity index (χ0) is 43.2. The third kappa shape index (κ3) is 7.89. The van der Waals surface area contributed by atoms with Gasteiger partial charge in [0.05, 0.1) is 46.2 Å². The highest BCUT2D eigenvalue weighted by atomic mass is 19.2. The number of imide groups is 1. The monoisotopic (exact) mass is 850 g/mol. The van der Waals surface area contributed by atoms with Crippen molar-refractivity contribution in [2.24, 2.45) is 13.0 Å². The van der Waals surface area contributed by atoms with Crippen LogP contribution in [0, 0.1) is 23.4 Å². The average molecular weight is 851 g/mol. The van der Waals surface area contributed by atoms with Gasteiger partial charge in [-0.15, -0.1) is 0 Å². The number of phenols is 1. The number of hydrogen-bond donors (Lipinski definition) is 3. The van der Waals surface area contributed by atoms with Crippen LogP contribution in [0.2, 0.25) is 0 Å². The van der Waals surface area contributed by atoms with Crippen LogP contribution < -0.4 is 21.2 Å². The maximum atomic E-state index is 14.2. The number of amides is 3. The Kier molecular flexibility index (Phi) is 11.0. The summed E-state index contributed by atoms with van der Waals surface area (Å²) in [7, 11) is 1.71. The van der Waals surface area contributed by atoms with Crippen molar-refractivity contribution in [1.29, 1.82) is 0 Å². The van der Waals surface area contributed by atoms with Crippen LogP contribution in [0.3, 0.4) is 0 Å². The van der Waals surface area contributed by atoms with Crippen molar-refractivity contribution in [2.75, 3.05) is 44.2 Å². The number of benzene rings is 3. The zero-order valence-electron chi connectivity index (χ0n) is 34.0. The molecule has 6 aromatic rings. The SMILES string of the molecule is Cn1c(=O)n([C@@H]2CCC(=O)NC2=O)c2ccc(CCN3CCN(c4cncc(-c5ccc6cn(C7CCC(CNC(=O)c8cc(F)c(O)c(F)c8F)CC7)nc6c5)n4)CC3)cc21. The third-order valence-electron chi connectivity index (χ3n) is 12.7. The number of aromatic hydroxyl groups is 1. The summed E-state index contributed by atoms with van der Waals surface area (Å²) >= 11 is 0. The zero-order valence-corrected chi connectivity index (χ0v) is 34.0. The molecule has 2 aliphatic heterocycles. The molecule has 322 valence electrons. The Hall–Kier alpha value is -6.56. The molecule has 0 unspecified atom stereocenters. The van der Waals surface area contributed by atoms with Crippen molar-refractivity contribution in [2.45, 2.75) is 57.0 Å². The second kappa shape index (κ2) is 16.7. The van der Waals surface area contributed by atoms with E-state index in [4.69, 9.17) is 10.1 Å². The van der Waals surface area contributed by atoms with Gasteiger partial charge in [0.2, 0.25) is 17.6 Å². The van der Waals surface area contributed by atoms with Crippen molar-refractivity contribution in [3.8, 4) is 17.0 Å². The summed E-state index contributed by atoms with van der Waals surface area (Å²) in [5, 5.41) is 20.1. The number of anilines is 1. The molecule has 3 amide bonds. The number of aryl methyl sites for hydroxylation is 1. The first-order chi connectivity index (χ1) is 29.9. The van der Waals surface area contributed by atoms with E-state index in [0.29, 0.717) is 18.0 Å². The largest absolute Gasteiger partial charge is 0.503 e. The number of piperazine rings is 1. The van der Waals surface area contributed by atoms with Crippen LogP contribution in [-0.2, 0) is 23.1 Å². The molecule has 3 aromatic carbocycles. The lowest BCUT2D eigenvalue weighted by Crippen LogP contribution is -2.47. The minimum absolute atomic E-state index is 0.102. The Morgan fingerprint density at radius 3 is 2.48 bits per heavy atom. The summed E-state index contributed by atoms with van der Waals surface area (Å²) in [5.41, 5.74) is 3.94. The molecule has 0 radical (unpaired) electrons. The molecule has 3 N–H and O–H groups in total. The fourth-order valence-electron chi connectivity index (χ4n) is 9.01. The van der Waals surface area contributed by atoms with Gasteiger partial charge in [-0.1, -0.05) is 18.2 Å². The quantitative estimate of drug-likeness (QED) is 0.129. The van der Waals surface area contributed by atoms with Gasteiger partial charge in [-0.2, -0.15) is 9.49 Å². The maximum Gasteiger partial charge on any atom is 0.329 e. The molecule has 15 nitrogen and oxygen atoms in total. The highest BCUT2D eigenvalue weighted by Crippen LogP contribution is 2.34. The summed E-state index contributed by atoms with van der Waals surface area (Å²) < 4.78 is 46.7. The Balaban J connectivity index is 0.775. The number of nitrogens with zero attached hydrogens (tertiary/aromatic N) is 8. The highest BCUT2D eigenvalue weighted by molar-refractivity contribution is 6.00. The first-order valence-electron chi connectivity index (χ1n) is 20.9. The molecule has 18 heteroatoms. The topological polar surface area (TPSA) is 173 Å². The molecule has 0 spiro atoms. The van der Waals surface area contributed by atoms with E-state index in [0.717, 1.165) is 104 Å². The molecular weight excluding hydrogens is 806 g/mol. The predicted molar refractivity (Wildman–Crippen MR) is 223 cm³/mol. The average Bonchev–Trinajstić information content (AvgIpc) is 3.83. The molecule has 9 rings (SSSR count). The number of piperidine rings is 1. The van der Waals surface area contributed by atoms with E-state index in [-0.39, 0.29) is 36.5 Å². The number of hydrogen-bond acceptors (Lipinski definition) is 10. The summed E-state index contributed by atoms with van der Waals surface area (Å²) in [6.45, 7) is 4.34. The molecule has 3 aromatic heterocycles. The van der Waals surface area contributed by atoms with Gasteiger partial charge in [0.25, 0.3) is 5.91 Å². The molecule has 2 saturated heterocycles. The lowest BCUT2D eigenvalue weighted by molar-refractivity contribution is -0.135. The second-order valence-corrected chi connectivity index (χ2v) is 16.5. The molecule has 3 fully saturated rings. The lowest BCUT2D eigenvalue weighted by Gasteiger charge is -2.35. The maximum absolute atomic E-state index is 14.2. The van der Waals surface area contributed by atoms with Gasteiger partial charge in [-0.25, -0.2) is 18.6 Å². The number of rotatable bonds is 10. The van der Waals surface area contributed by atoms with Crippen LogP contribution in [-0.4, -0.2) is 95.9 Å². The molecule has 1 aliphatic carbocycles. The Bertz CT molecular complexity index is 2790. The Labute approximate surface area is 353 Å². The minimum Gasteiger partial charge on any atom is -0.503 e. The van der Waals surface area contributed by atoms with Crippen molar-refractivity contribution >= 4 is 45.5 Å². The molecular formula is C44H45F3N10O5. The fourth-order valence-corrected chi connectivity index (χ4v) is 9.01. The van der Waals surface area contributed by atoms with E-state index in [2.05, 4.69) is 25.4 Å². The van der Waals surface area contributed by atoms with E-state index in [9.17, 15) is 37.5 Å². The van der Waals surface area contributed by atoms with Gasteiger partial charge >= 0.3 is 5.69 Å². The van der Waals surface area contributed by atoms with E-state index >= 15 is 0 Å². The van der Waals surface area contributed by atoms with Gasteiger partial charge in [0.1, 0.15) is 11.9 Å². The number of imidazole rings is 1. The van der Waals surface area contributed by atoms with Crippen LogP contribution in [0.1, 0.15) is 66.5 Å². The number of aromatic nitrogens is 6. The van der Waals surface area contributed by atoms with Crippen molar-refractivity contribution in [1.82, 2.24) is 44.4 Å². The molecule has 3 aliphatic rings. The van der Waals surface area contributed by atoms with E-state index in [1.807, 2.05) is 47.3 Å². The smallest absolute Gasteiger partial charge is 0.329 e. The van der Waals surface area contributed by atoms with Gasteiger partial charge in [-0.05, 0) is 74.3 Å². The van der Waals surface area contributed by atoms with Gasteiger partial charge in [0.15, 0.2) is 17.4 Å². The minimum atomic E-state index is -1.79. The third-order valence-corrected chi connectivity index (χ3v) is 12.7. The number of carbonyl (C=O) groups excluding carboxylic acids is 3. The molecule has 1 saturated carbocycles. The second-order valence-electron chi connectivity index (χ2n) is 16.5. The van der Waals surface area contributed by atoms with Crippen LogP contribution in [0.5, 0.6) is 5.75 Å². The summed E-state index contributed by atoms with van der Waals surface area (Å²) in [4.78, 5) is 64.1. The number of carbonyl (C=O) groups is 3. The van der Waals surface area contributed by atoms with E-state index in [1.165, 1.54) is 4.57 Å². The number of halogens is 3. The standard InChI is InChI=1S/C44H45F3N10O5/c1-53-36-18-25(4-9-34(36)57(44(53)62)35-10-11-38(58)51-43(35)61)12-13-54-14-16-55(17-15-54)37-23-48-22-33(50-37)27-5-6-28-24-56(52-32(28)19-27)29-7-2-26(3-8-29)21-49-42(60)30-20-31(45)41(59)40(47)39(30)46/h4-6,9,18-20,22-24,26,29,35,59H,2-3,7-8,10-17,21H2,1H3,(H,49,60)(H,51,58,61)/t26?,29?,35-/m1/s1. The van der Waals surface area contributed by atoms with E-state index < -0.39 is 46.6 Å². The summed E-state index contributed by atoms with van der Waals surface area (Å²) in [6.07, 6.45) is 10.0.